The molecule has 0 saturated carbocycles. The summed E-state index contributed by atoms with van der Waals surface area (Å²) in [5.41, 5.74) is 1.63. The van der Waals surface area contributed by atoms with E-state index in [2.05, 4.69) is 21.2 Å². The number of alkyl carbamates (subject to hydrolysis) is 1. The molecule has 2 aliphatic heterocycles. The molecule has 17 heteroatoms. The van der Waals surface area contributed by atoms with Crippen LogP contribution in [0, 0.1) is 16.0 Å². The number of fused-ring (bicyclic) bond motifs is 2. The van der Waals surface area contributed by atoms with Gasteiger partial charge in [0, 0.05) is 48.7 Å². The van der Waals surface area contributed by atoms with Crippen LogP contribution < -0.4 is 5.32 Å². The Morgan fingerprint density at radius 2 is 1.45 bits per heavy atom. The van der Waals surface area contributed by atoms with Crippen LogP contribution in [0.1, 0.15) is 37.6 Å². The molecule has 2 saturated heterocycles. The third-order valence-corrected chi connectivity index (χ3v) is 13.4. The van der Waals surface area contributed by atoms with Gasteiger partial charge in [0.05, 0.1) is 26.3 Å². The summed E-state index contributed by atoms with van der Waals surface area (Å²) in [7, 11) is -8.32. The Morgan fingerprint density at radius 1 is 0.868 bits per heavy atom. The van der Waals surface area contributed by atoms with E-state index in [9.17, 15) is 36.5 Å². The van der Waals surface area contributed by atoms with Gasteiger partial charge in [-0.2, -0.15) is 8.61 Å². The van der Waals surface area contributed by atoms with Crippen LogP contribution in [0.4, 0.5) is 10.5 Å². The van der Waals surface area contributed by atoms with Crippen LogP contribution >= 0.6 is 15.9 Å². The highest BCUT2D eigenvalue weighted by Gasteiger charge is 2.47. The van der Waals surface area contributed by atoms with E-state index in [-0.39, 0.29) is 54.7 Å². The monoisotopic (exact) mass is 828 g/mol. The Bertz CT molecular complexity index is 2220. The van der Waals surface area contributed by atoms with Crippen molar-refractivity contribution in [3.05, 3.63) is 121 Å². The zero-order chi connectivity index (χ0) is 38.3. The topological polar surface area (TPSA) is 183 Å². The molecule has 3 aliphatic rings. The Morgan fingerprint density at radius 3 is 2.06 bits per heavy atom. The van der Waals surface area contributed by atoms with E-state index in [1.807, 2.05) is 0 Å². The third-order valence-electron chi connectivity index (χ3n) is 9.22. The minimum absolute atomic E-state index is 0.0541. The van der Waals surface area contributed by atoms with E-state index in [4.69, 9.17) is 9.47 Å². The maximum Gasteiger partial charge on any atom is 0.407 e. The molecule has 2 heterocycles. The summed E-state index contributed by atoms with van der Waals surface area (Å²) in [6, 6.07) is 18.3. The summed E-state index contributed by atoms with van der Waals surface area (Å²) in [5.74, 6) is -1.09. The summed E-state index contributed by atoms with van der Waals surface area (Å²) in [6.45, 7) is 4.44. The highest BCUT2D eigenvalue weighted by molar-refractivity contribution is 9.10. The lowest BCUT2D eigenvalue weighted by Gasteiger charge is -2.43. The maximum atomic E-state index is 14.1. The number of nitrogens with one attached hydrogen (secondary N) is 1. The smallest absolute Gasteiger partial charge is 0.407 e. The molecule has 3 aromatic rings. The number of nitrogens with zero attached hydrogens (tertiary/aromatic N) is 3. The second-order valence-electron chi connectivity index (χ2n) is 13.9. The van der Waals surface area contributed by atoms with Crippen LogP contribution in [0.15, 0.2) is 115 Å². The fraction of sp³-hybridized carbons (Fsp3) is 0.333. The van der Waals surface area contributed by atoms with E-state index in [0.717, 1.165) is 24.3 Å². The number of esters is 1. The zero-order valence-electron chi connectivity index (χ0n) is 29.0. The molecule has 3 aromatic carbocycles. The number of hydrogen-bond donors (Lipinski definition) is 1. The number of rotatable bonds is 9. The predicted molar refractivity (Wildman–Crippen MR) is 197 cm³/mol. The van der Waals surface area contributed by atoms with Crippen molar-refractivity contribution in [1.29, 1.82) is 0 Å². The van der Waals surface area contributed by atoms with Gasteiger partial charge in [-0.3, -0.25) is 10.1 Å². The molecule has 2 atom stereocenters. The van der Waals surface area contributed by atoms with Crippen molar-refractivity contribution >= 4 is 53.7 Å². The molecule has 1 aliphatic carbocycles. The van der Waals surface area contributed by atoms with Gasteiger partial charge in [-0.1, -0.05) is 34.1 Å². The second kappa shape index (κ2) is 14.8. The quantitative estimate of drug-likeness (QED) is 0.166. The standard InChI is InChI=1S/C36H37BrN4O10S2/c1-36(2,3)51-35(43)38-33-21-40(53(48,49)28-15-11-26(12-16-28)41(44)45)19-31-29(33)17-24(22-50-34(42)23-7-5-4-6-8-23)30-18-39(20-32(30)31)52(46,47)27-13-9-25(37)10-14-27/h4-16,29,33H,17-22H2,1-3H3,(H,38,43)/t29?,33-/m1/s1. The normalized spacial score (nSPS) is 19.7. The van der Waals surface area contributed by atoms with Gasteiger partial charge >= 0.3 is 12.1 Å². The van der Waals surface area contributed by atoms with Gasteiger partial charge in [0.2, 0.25) is 20.0 Å². The Hall–Kier alpha value is -4.42. The van der Waals surface area contributed by atoms with E-state index in [0.29, 0.717) is 32.3 Å². The first-order chi connectivity index (χ1) is 24.9. The predicted octanol–water partition coefficient (Wildman–Crippen LogP) is 5.43. The average molecular weight is 830 g/mol. The molecule has 280 valence electrons. The number of nitro benzene ring substituents is 1. The van der Waals surface area contributed by atoms with Crippen molar-refractivity contribution in [3.63, 3.8) is 0 Å². The fourth-order valence-corrected chi connectivity index (χ4v) is 9.80. The molecule has 14 nitrogen and oxygen atoms in total. The first-order valence-corrected chi connectivity index (χ1v) is 20.3. The van der Waals surface area contributed by atoms with Crippen molar-refractivity contribution < 1.29 is 40.8 Å². The van der Waals surface area contributed by atoms with Crippen molar-refractivity contribution in [1.82, 2.24) is 13.9 Å². The molecule has 0 spiro atoms. The number of hydrogen-bond acceptors (Lipinski definition) is 10. The minimum Gasteiger partial charge on any atom is -0.458 e. The van der Waals surface area contributed by atoms with E-state index in [1.165, 1.54) is 20.7 Å². The number of sulfonamides is 2. The summed E-state index contributed by atoms with van der Waals surface area (Å²) >= 11 is 3.34. The lowest BCUT2D eigenvalue weighted by atomic mass is 9.74. The molecule has 6 rings (SSSR count). The summed E-state index contributed by atoms with van der Waals surface area (Å²) in [4.78, 5) is 36.8. The number of carbonyl (C=O) groups excluding carboxylic acids is 2. The van der Waals surface area contributed by atoms with Crippen LogP contribution in [0.25, 0.3) is 0 Å². The first-order valence-electron chi connectivity index (χ1n) is 16.6. The molecule has 0 aromatic heterocycles. The Kier molecular flexibility index (Phi) is 10.7. The number of carbonyl (C=O) groups is 2. The Balaban J connectivity index is 1.43. The van der Waals surface area contributed by atoms with Gasteiger partial charge in [0.1, 0.15) is 12.2 Å². The number of nitro groups is 1. The third kappa shape index (κ3) is 8.23. The second-order valence-corrected chi connectivity index (χ2v) is 18.7. The Labute approximate surface area is 315 Å². The number of ether oxygens (including phenoxy) is 2. The van der Waals surface area contributed by atoms with Gasteiger partial charge in [-0.25, -0.2) is 26.4 Å². The molecule has 53 heavy (non-hydrogen) atoms. The van der Waals surface area contributed by atoms with Gasteiger partial charge in [-0.05, 0) is 98.0 Å². The molecule has 1 amide bonds. The van der Waals surface area contributed by atoms with Crippen molar-refractivity contribution in [2.45, 2.75) is 48.6 Å². The minimum atomic E-state index is -4.28. The van der Waals surface area contributed by atoms with Crippen LogP contribution in [0.5, 0.6) is 0 Å². The van der Waals surface area contributed by atoms with Crippen LogP contribution in [-0.4, -0.2) is 86.9 Å². The summed E-state index contributed by atoms with van der Waals surface area (Å²) in [6.07, 6.45) is -0.548. The van der Waals surface area contributed by atoms with Crippen LogP contribution in [0.2, 0.25) is 0 Å². The van der Waals surface area contributed by atoms with E-state index in [1.54, 1.807) is 63.2 Å². The van der Waals surface area contributed by atoms with Crippen LogP contribution in [0.3, 0.4) is 0 Å². The summed E-state index contributed by atoms with van der Waals surface area (Å²) < 4.78 is 70.7. The highest BCUT2D eigenvalue weighted by atomic mass is 79.9. The molecule has 0 radical (unpaired) electrons. The molecular weight excluding hydrogens is 792 g/mol. The maximum absolute atomic E-state index is 14.1. The molecule has 1 unspecified atom stereocenters. The average Bonchev–Trinajstić information content (AvgIpc) is 3.58. The number of non-ortho nitro benzene ring substituents is 1. The lowest BCUT2D eigenvalue weighted by Crippen LogP contribution is -2.56. The lowest BCUT2D eigenvalue weighted by molar-refractivity contribution is -0.384. The number of halogens is 1. The number of piperidine rings is 1. The van der Waals surface area contributed by atoms with Crippen molar-refractivity contribution in [2.75, 3.05) is 32.8 Å². The van der Waals surface area contributed by atoms with Gasteiger partial charge in [-0.15, -0.1) is 0 Å². The summed E-state index contributed by atoms with van der Waals surface area (Å²) in [5, 5.41) is 14.1. The number of amides is 1. The largest absolute Gasteiger partial charge is 0.458 e. The molecule has 1 N–H and O–H groups in total. The van der Waals surface area contributed by atoms with Crippen molar-refractivity contribution in [2.24, 2.45) is 5.92 Å². The molecular formula is C36H37BrN4O10S2. The van der Waals surface area contributed by atoms with Gasteiger partial charge in [0.15, 0.2) is 0 Å². The first kappa shape index (κ1) is 38.3. The van der Waals surface area contributed by atoms with Crippen molar-refractivity contribution in [3.8, 4) is 0 Å². The van der Waals surface area contributed by atoms with Gasteiger partial charge < -0.3 is 14.8 Å². The fourth-order valence-electron chi connectivity index (χ4n) is 6.71. The SMILES string of the molecule is CC(C)(C)OC(=O)N[C@@H]1CN(S(=O)(=O)c2ccc([N+](=O)[O-])cc2)CC2=C3CN(S(=O)(=O)c4ccc(Br)cc4)CC3=C(COC(=O)c3ccccc3)CC21. The number of benzene rings is 3. The van der Waals surface area contributed by atoms with Crippen LogP contribution in [-0.2, 0) is 29.5 Å². The van der Waals surface area contributed by atoms with E-state index < -0.39 is 54.6 Å². The van der Waals surface area contributed by atoms with Gasteiger partial charge in [0.25, 0.3) is 5.69 Å². The zero-order valence-corrected chi connectivity index (χ0v) is 32.2. The molecule has 0 bridgehead atoms. The highest BCUT2D eigenvalue weighted by Crippen LogP contribution is 2.45. The van der Waals surface area contributed by atoms with E-state index >= 15 is 0 Å². The molecule has 2 fully saturated rings.